The van der Waals surface area contributed by atoms with Crippen LogP contribution in [0, 0.1) is 6.92 Å². The van der Waals surface area contributed by atoms with Gasteiger partial charge in [0.25, 0.3) is 0 Å². The minimum Gasteiger partial charge on any atom is -0.465 e. The van der Waals surface area contributed by atoms with E-state index in [1.54, 1.807) is 6.21 Å². The molecule has 0 atom stereocenters. The molecule has 0 aliphatic heterocycles. The summed E-state index contributed by atoms with van der Waals surface area (Å²) < 4.78 is 7.17. The van der Waals surface area contributed by atoms with Gasteiger partial charge in [0, 0.05) is 28.7 Å². The molecule has 0 spiro atoms. The number of ether oxygens (including phenoxy) is 1. The van der Waals surface area contributed by atoms with Crippen molar-refractivity contribution in [2.75, 3.05) is 7.11 Å². The Kier molecular flexibility index (Phi) is 5.12. The zero-order chi connectivity index (χ0) is 18.0. The van der Waals surface area contributed by atoms with Gasteiger partial charge in [0.2, 0.25) is 0 Å². The fourth-order valence-electron chi connectivity index (χ4n) is 3.01. The van der Waals surface area contributed by atoms with Crippen molar-refractivity contribution in [1.82, 2.24) is 4.57 Å². The average Bonchev–Trinajstić information content (AvgIpc) is 2.88. The molecule has 0 aliphatic rings. The van der Waals surface area contributed by atoms with Gasteiger partial charge in [-0.25, -0.2) is 4.79 Å². The Labute approximate surface area is 142 Å². The molecule has 5 nitrogen and oxygen atoms in total. The average molecular weight is 327 g/mol. The number of allylic oxidation sites excluding steroid dienone is 2. The van der Waals surface area contributed by atoms with Gasteiger partial charge in [-0.1, -0.05) is 5.57 Å². The third-order valence-electron chi connectivity index (χ3n) is 4.14. The quantitative estimate of drug-likeness (QED) is 0.398. The summed E-state index contributed by atoms with van der Waals surface area (Å²) in [6.45, 7) is 10.2. The maximum Gasteiger partial charge on any atom is 0.338 e. The first-order valence-corrected chi connectivity index (χ1v) is 7.96. The van der Waals surface area contributed by atoms with Crippen LogP contribution in [0.1, 0.15) is 55.2 Å². The van der Waals surface area contributed by atoms with Crippen molar-refractivity contribution in [3.05, 3.63) is 40.6 Å². The summed E-state index contributed by atoms with van der Waals surface area (Å²) in [7, 11) is 1.40. The molecule has 0 radical (unpaired) electrons. The summed E-state index contributed by atoms with van der Waals surface area (Å²) in [6, 6.07) is 4.22. The van der Waals surface area contributed by atoms with Crippen molar-refractivity contribution < 1.29 is 9.53 Å². The predicted molar refractivity (Wildman–Crippen MR) is 99.3 cm³/mol. The van der Waals surface area contributed by atoms with Crippen LogP contribution >= 0.6 is 0 Å². The minimum atomic E-state index is -0.343. The molecule has 1 aromatic heterocycles. The second-order valence-corrected chi connectivity index (χ2v) is 6.41. The third kappa shape index (κ3) is 3.07. The van der Waals surface area contributed by atoms with Crippen LogP contribution < -0.4 is 5.84 Å². The highest BCUT2D eigenvalue weighted by molar-refractivity contribution is 6.14. The molecular formula is C19H25N3O2. The van der Waals surface area contributed by atoms with E-state index >= 15 is 0 Å². The van der Waals surface area contributed by atoms with E-state index in [1.165, 1.54) is 7.11 Å². The Balaban J connectivity index is 2.92. The lowest BCUT2D eigenvalue weighted by Gasteiger charge is -2.13. The first kappa shape index (κ1) is 17.8. The standard InChI is InChI=1S/C19H25N3O2/c1-11(2)16(9-21-20)14-7-15(19(23)24-6)18-13(5)10-22(12(3)4)17(18)8-14/h7-10,12H,20H2,1-6H3/b21-9-. The van der Waals surface area contributed by atoms with Gasteiger partial charge >= 0.3 is 5.97 Å². The van der Waals surface area contributed by atoms with Crippen molar-refractivity contribution >= 4 is 28.7 Å². The Hall–Kier alpha value is -2.56. The van der Waals surface area contributed by atoms with Crippen LogP contribution in [-0.2, 0) is 4.74 Å². The van der Waals surface area contributed by atoms with Crippen LogP contribution in [0.25, 0.3) is 16.5 Å². The molecule has 24 heavy (non-hydrogen) atoms. The number of carbonyl (C=O) groups is 1. The predicted octanol–water partition coefficient (Wildman–Crippen LogP) is 4.06. The van der Waals surface area contributed by atoms with Crippen molar-refractivity contribution in [2.24, 2.45) is 10.9 Å². The molecule has 1 aromatic carbocycles. The van der Waals surface area contributed by atoms with E-state index in [-0.39, 0.29) is 12.0 Å². The van der Waals surface area contributed by atoms with Gasteiger partial charge < -0.3 is 15.1 Å². The number of fused-ring (bicyclic) bond motifs is 1. The second kappa shape index (κ2) is 6.91. The Morgan fingerprint density at radius 3 is 2.50 bits per heavy atom. The number of nitrogens with zero attached hydrogens (tertiary/aromatic N) is 2. The van der Waals surface area contributed by atoms with Crippen LogP contribution in [-0.4, -0.2) is 23.9 Å². The molecule has 0 amide bonds. The van der Waals surface area contributed by atoms with Gasteiger partial charge in [-0.05, 0) is 57.9 Å². The van der Waals surface area contributed by atoms with E-state index in [1.807, 2.05) is 26.8 Å². The normalized spacial score (nSPS) is 11.5. The summed E-state index contributed by atoms with van der Waals surface area (Å²) in [4.78, 5) is 12.4. The Bertz CT molecular complexity index is 838. The Morgan fingerprint density at radius 2 is 2.00 bits per heavy atom. The highest BCUT2D eigenvalue weighted by Gasteiger charge is 2.19. The first-order chi connectivity index (χ1) is 11.3. The number of hydrazone groups is 1. The van der Waals surface area contributed by atoms with Crippen LogP contribution in [0.2, 0.25) is 0 Å². The molecule has 0 bridgehead atoms. The SMILES string of the molecule is COC(=O)c1cc(C(/C=N\N)=C(C)C)cc2c1c(C)cn2C(C)C. The van der Waals surface area contributed by atoms with E-state index in [0.29, 0.717) is 5.56 Å². The Morgan fingerprint density at radius 1 is 1.33 bits per heavy atom. The first-order valence-electron chi connectivity index (χ1n) is 7.96. The van der Waals surface area contributed by atoms with E-state index < -0.39 is 0 Å². The molecule has 0 saturated carbocycles. The molecule has 1 heterocycles. The topological polar surface area (TPSA) is 69.6 Å². The highest BCUT2D eigenvalue weighted by Crippen LogP contribution is 2.32. The molecular weight excluding hydrogens is 302 g/mol. The molecule has 2 aromatic rings. The molecule has 0 unspecified atom stereocenters. The molecule has 0 saturated heterocycles. The highest BCUT2D eigenvalue weighted by atomic mass is 16.5. The van der Waals surface area contributed by atoms with Crippen molar-refractivity contribution in [1.29, 1.82) is 0 Å². The number of benzene rings is 1. The number of carbonyl (C=O) groups excluding carboxylic acids is 1. The van der Waals surface area contributed by atoms with Crippen LogP contribution in [0.3, 0.4) is 0 Å². The van der Waals surface area contributed by atoms with Crippen molar-refractivity contribution in [3.63, 3.8) is 0 Å². The van der Waals surface area contributed by atoms with E-state index in [0.717, 1.165) is 33.2 Å². The number of aryl methyl sites for hydroxylation is 1. The molecule has 5 heteroatoms. The number of hydrogen-bond donors (Lipinski definition) is 1. The lowest BCUT2D eigenvalue weighted by atomic mass is 9.96. The number of methoxy groups -OCH3 is 1. The number of aromatic nitrogens is 1. The fourth-order valence-corrected chi connectivity index (χ4v) is 3.01. The summed E-state index contributed by atoms with van der Waals surface area (Å²) in [5.74, 6) is 5.02. The minimum absolute atomic E-state index is 0.278. The zero-order valence-corrected chi connectivity index (χ0v) is 15.2. The lowest BCUT2D eigenvalue weighted by molar-refractivity contribution is 0.0603. The summed E-state index contributed by atoms with van der Waals surface area (Å²) in [5, 5.41) is 4.59. The summed E-state index contributed by atoms with van der Waals surface area (Å²) in [6.07, 6.45) is 3.69. The molecule has 2 N–H and O–H groups in total. The lowest BCUT2D eigenvalue weighted by Crippen LogP contribution is -2.05. The van der Waals surface area contributed by atoms with Gasteiger partial charge in [0.15, 0.2) is 0 Å². The smallest absolute Gasteiger partial charge is 0.338 e. The van der Waals surface area contributed by atoms with Gasteiger partial charge in [0.05, 0.1) is 18.9 Å². The second-order valence-electron chi connectivity index (χ2n) is 6.41. The maximum atomic E-state index is 12.4. The van der Waals surface area contributed by atoms with Crippen molar-refractivity contribution in [3.8, 4) is 0 Å². The number of hydrogen-bond acceptors (Lipinski definition) is 4. The monoisotopic (exact) mass is 327 g/mol. The molecule has 2 rings (SSSR count). The van der Waals surface area contributed by atoms with E-state index in [9.17, 15) is 4.79 Å². The number of nitrogens with two attached hydrogens (primary N) is 1. The van der Waals surface area contributed by atoms with Gasteiger partial charge in [-0.2, -0.15) is 5.10 Å². The van der Waals surface area contributed by atoms with Crippen molar-refractivity contribution in [2.45, 2.75) is 40.7 Å². The van der Waals surface area contributed by atoms with Gasteiger partial charge in [-0.15, -0.1) is 0 Å². The summed E-state index contributed by atoms with van der Waals surface area (Å²) >= 11 is 0. The third-order valence-corrected chi connectivity index (χ3v) is 4.14. The van der Waals surface area contributed by atoms with Crippen LogP contribution in [0.5, 0.6) is 0 Å². The number of rotatable bonds is 4. The van der Waals surface area contributed by atoms with Crippen LogP contribution in [0.15, 0.2) is 29.0 Å². The van der Waals surface area contributed by atoms with Gasteiger partial charge in [-0.3, -0.25) is 0 Å². The van der Waals surface area contributed by atoms with E-state index in [2.05, 4.69) is 35.8 Å². The van der Waals surface area contributed by atoms with E-state index in [4.69, 9.17) is 10.6 Å². The molecule has 128 valence electrons. The summed E-state index contributed by atoms with van der Waals surface area (Å²) in [5.41, 5.74) is 5.49. The molecule has 0 fully saturated rings. The van der Waals surface area contributed by atoms with Crippen LogP contribution in [0.4, 0.5) is 0 Å². The number of esters is 1. The van der Waals surface area contributed by atoms with Gasteiger partial charge in [0.1, 0.15) is 0 Å². The zero-order valence-electron chi connectivity index (χ0n) is 15.2. The molecule has 0 aliphatic carbocycles. The fraction of sp³-hybridized carbons (Fsp3) is 0.368. The largest absolute Gasteiger partial charge is 0.465 e. The maximum absolute atomic E-state index is 12.4.